The lowest BCUT2D eigenvalue weighted by Gasteiger charge is -2.16. The minimum absolute atomic E-state index is 0.578. The third-order valence-electron chi connectivity index (χ3n) is 2.61. The van der Waals surface area contributed by atoms with E-state index >= 15 is 0 Å². The molecule has 1 rings (SSSR count). The van der Waals surface area contributed by atoms with E-state index in [-0.39, 0.29) is 0 Å². The molecule has 1 nitrogen and oxygen atoms in total. The first-order chi connectivity index (χ1) is 7.24. The molecule has 0 aliphatic heterocycles. The van der Waals surface area contributed by atoms with Gasteiger partial charge in [-0.25, -0.2) is 0 Å². The third-order valence-corrected chi connectivity index (χ3v) is 3.60. The fourth-order valence-corrected chi connectivity index (χ4v) is 2.65. The summed E-state index contributed by atoms with van der Waals surface area (Å²) in [5.41, 5.74) is 0. The van der Waals surface area contributed by atoms with E-state index in [4.69, 9.17) is 0 Å². The smallest absolute Gasteiger partial charge is 0.0414 e. The van der Waals surface area contributed by atoms with Crippen LogP contribution in [0.5, 0.6) is 0 Å². The third kappa shape index (κ3) is 4.80. The van der Waals surface area contributed by atoms with Gasteiger partial charge in [0.25, 0.3) is 0 Å². The molecule has 1 aromatic rings. The Kier molecular flexibility index (Phi) is 5.96. The fraction of sp³-hybridized carbons (Fsp3) is 0.692. The van der Waals surface area contributed by atoms with Crippen LogP contribution in [0.15, 0.2) is 17.5 Å². The van der Waals surface area contributed by atoms with Crippen LogP contribution in [0.25, 0.3) is 0 Å². The van der Waals surface area contributed by atoms with Gasteiger partial charge in [0.2, 0.25) is 0 Å². The quantitative estimate of drug-likeness (QED) is 0.732. The molecule has 1 unspecified atom stereocenters. The topological polar surface area (TPSA) is 12.0 Å². The van der Waals surface area contributed by atoms with Crippen LogP contribution in [0, 0.1) is 5.92 Å². The first kappa shape index (κ1) is 12.7. The minimum atomic E-state index is 0.578. The second-order valence-electron chi connectivity index (χ2n) is 4.45. The Labute approximate surface area is 97.9 Å². The molecule has 0 aliphatic rings. The SMILES string of the molecule is CCNC(CCCC(C)C)c1cccs1. The average Bonchev–Trinajstić information content (AvgIpc) is 2.68. The van der Waals surface area contributed by atoms with Crippen molar-refractivity contribution in [2.24, 2.45) is 5.92 Å². The van der Waals surface area contributed by atoms with Gasteiger partial charge in [-0.15, -0.1) is 11.3 Å². The van der Waals surface area contributed by atoms with Gasteiger partial charge < -0.3 is 5.32 Å². The zero-order valence-corrected chi connectivity index (χ0v) is 10.9. The maximum atomic E-state index is 3.57. The molecule has 2 heteroatoms. The molecule has 86 valence electrons. The summed E-state index contributed by atoms with van der Waals surface area (Å²) in [6.45, 7) is 7.84. The van der Waals surface area contributed by atoms with Crippen LogP contribution in [-0.2, 0) is 0 Å². The molecule has 0 radical (unpaired) electrons. The molecule has 0 amide bonds. The lowest BCUT2D eigenvalue weighted by Crippen LogP contribution is -2.20. The van der Waals surface area contributed by atoms with Crippen LogP contribution in [0.4, 0.5) is 0 Å². The van der Waals surface area contributed by atoms with Gasteiger partial charge in [-0.3, -0.25) is 0 Å². The van der Waals surface area contributed by atoms with E-state index < -0.39 is 0 Å². The molecular weight excluding hydrogens is 202 g/mol. The van der Waals surface area contributed by atoms with Crippen molar-refractivity contribution in [3.8, 4) is 0 Å². The van der Waals surface area contributed by atoms with Gasteiger partial charge in [0.05, 0.1) is 0 Å². The highest BCUT2D eigenvalue weighted by Gasteiger charge is 2.10. The van der Waals surface area contributed by atoms with E-state index in [0.29, 0.717) is 6.04 Å². The molecular formula is C13H23NS. The summed E-state index contributed by atoms with van der Waals surface area (Å²) >= 11 is 1.87. The summed E-state index contributed by atoms with van der Waals surface area (Å²) in [6, 6.07) is 4.97. The molecule has 0 aromatic carbocycles. The Morgan fingerprint density at radius 1 is 1.33 bits per heavy atom. The lowest BCUT2D eigenvalue weighted by atomic mass is 10.0. The minimum Gasteiger partial charge on any atom is -0.310 e. The molecule has 1 atom stereocenters. The zero-order valence-electron chi connectivity index (χ0n) is 10.1. The molecule has 1 heterocycles. The van der Waals surface area contributed by atoms with Crippen molar-refractivity contribution in [2.45, 2.75) is 46.1 Å². The van der Waals surface area contributed by atoms with Crippen LogP contribution >= 0.6 is 11.3 Å². The van der Waals surface area contributed by atoms with E-state index in [1.807, 2.05) is 11.3 Å². The van der Waals surface area contributed by atoms with Gasteiger partial charge >= 0.3 is 0 Å². The van der Waals surface area contributed by atoms with Crippen molar-refractivity contribution in [3.05, 3.63) is 22.4 Å². The van der Waals surface area contributed by atoms with Gasteiger partial charge in [-0.1, -0.05) is 39.7 Å². The van der Waals surface area contributed by atoms with Gasteiger partial charge in [0.15, 0.2) is 0 Å². The summed E-state index contributed by atoms with van der Waals surface area (Å²) in [7, 11) is 0. The summed E-state index contributed by atoms with van der Waals surface area (Å²) in [4.78, 5) is 1.49. The zero-order chi connectivity index (χ0) is 11.1. The average molecular weight is 225 g/mol. The van der Waals surface area contributed by atoms with E-state index in [1.54, 1.807) is 0 Å². The predicted octanol–water partition coefficient (Wildman–Crippen LogP) is 4.23. The maximum Gasteiger partial charge on any atom is 0.0414 e. The summed E-state index contributed by atoms with van der Waals surface area (Å²) < 4.78 is 0. The van der Waals surface area contributed by atoms with E-state index in [9.17, 15) is 0 Å². The highest BCUT2D eigenvalue weighted by Crippen LogP contribution is 2.24. The Hall–Kier alpha value is -0.340. The van der Waals surface area contributed by atoms with Crippen molar-refractivity contribution in [3.63, 3.8) is 0 Å². The number of rotatable bonds is 7. The maximum absolute atomic E-state index is 3.57. The molecule has 0 aliphatic carbocycles. The molecule has 0 fully saturated rings. The summed E-state index contributed by atoms with van der Waals surface area (Å²) in [6.07, 6.45) is 3.94. The monoisotopic (exact) mass is 225 g/mol. The predicted molar refractivity (Wildman–Crippen MR) is 69.4 cm³/mol. The molecule has 0 spiro atoms. The van der Waals surface area contributed by atoms with Gasteiger partial charge in [0, 0.05) is 10.9 Å². The first-order valence-corrected chi connectivity index (χ1v) is 6.88. The molecule has 0 bridgehead atoms. The second kappa shape index (κ2) is 7.02. The van der Waals surface area contributed by atoms with Crippen molar-refractivity contribution in [1.29, 1.82) is 0 Å². The van der Waals surface area contributed by atoms with Gasteiger partial charge in [0.1, 0.15) is 0 Å². The van der Waals surface area contributed by atoms with Gasteiger partial charge in [-0.05, 0) is 30.3 Å². The Bertz CT molecular complexity index is 241. The molecule has 15 heavy (non-hydrogen) atoms. The number of hydrogen-bond donors (Lipinski definition) is 1. The van der Waals surface area contributed by atoms with Crippen LogP contribution in [-0.4, -0.2) is 6.54 Å². The van der Waals surface area contributed by atoms with E-state index in [0.717, 1.165) is 12.5 Å². The lowest BCUT2D eigenvalue weighted by molar-refractivity contribution is 0.459. The Morgan fingerprint density at radius 2 is 2.13 bits per heavy atom. The number of nitrogens with one attached hydrogen (secondary N) is 1. The van der Waals surface area contributed by atoms with Crippen molar-refractivity contribution < 1.29 is 0 Å². The van der Waals surface area contributed by atoms with E-state index in [2.05, 4.69) is 43.6 Å². The molecule has 1 N–H and O–H groups in total. The fourth-order valence-electron chi connectivity index (χ4n) is 1.81. The second-order valence-corrected chi connectivity index (χ2v) is 5.43. The highest BCUT2D eigenvalue weighted by molar-refractivity contribution is 7.10. The normalized spacial score (nSPS) is 13.3. The Morgan fingerprint density at radius 3 is 2.67 bits per heavy atom. The largest absolute Gasteiger partial charge is 0.310 e. The van der Waals surface area contributed by atoms with Crippen molar-refractivity contribution >= 4 is 11.3 Å². The van der Waals surface area contributed by atoms with Crippen LogP contribution in [0.3, 0.4) is 0 Å². The van der Waals surface area contributed by atoms with Crippen molar-refractivity contribution in [2.75, 3.05) is 6.54 Å². The molecule has 0 saturated heterocycles. The van der Waals surface area contributed by atoms with Crippen LogP contribution in [0.2, 0.25) is 0 Å². The standard InChI is InChI=1S/C13H23NS/c1-4-14-12(8-5-7-11(2)3)13-9-6-10-15-13/h6,9-12,14H,4-5,7-8H2,1-3H3. The van der Waals surface area contributed by atoms with Crippen LogP contribution in [0.1, 0.15) is 51.0 Å². The number of hydrogen-bond acceptors (Lipinski definition) is 2. The van der Waals surface area contributed by atoms with Gasteiger partial charge in [-0.2, -0.15) is 0 Å². The highest BCUT2D eigenvalue weighted by atomic mass is 32.1. The van der Waals surface area contributed by atoms with Crippen LogP contribution < -0.4 is 5.32 Å². The molecule has 0 saturated carbocycles. The Balaban J connectivity index is 2.38. The van der Waals surface area contributed by atoms with Crippen molar-refractivity contribution in [1.82, 2.24) is 5.32 Å². The molecule has 1 aromatic heterocycles. The first-order valence-electron chi connectivity index (χ1n) is 6.00. The summed E-state index contributed by atoms with van der Waals surface area (Å²) in [5, 5.41) is 5.74. The van der Waals surface area contributed by atoms with E-state index in [1.165, 1.54) is 24.1 Å². The number of thiophene rings is 1. The summed E-state index contributed by atoms with van der Waals surface area (Å²) in [5.74, 6) is 0.829.